The summed E-state index contributed by atoms with van der Waals surface area (Å²) in [6, 6.07) is 15.8. The van der Waals surface area contributed by atoms with Gasteiger partial charge in [0.1, 0.15) is 0 Å². The largest absolute Gasteiger partial charge is 0.307 e. The fourth-order valence-electron chi connectivity index (χ4n) is 2.28. The molecular formula is C18H20INO. The summed E-state index contributed by atoms with van der Waals surface area (Å²) >= 11 is 2.29. The Balaban J connectivity index is 2.39. The molecule has 0 fully saturated rings. The molecule has 0 heterocycles. The van der Waals surface area contributed by atoms with Crippen LogP contribution in [0.25, 0.3) is 0 Å². The fourth-order valence-corrected chi connectivity index (χ4v) is 2.96. The quantitative estimate of drug-likeness (QED) is 0.652. The van der Waals surface area contributed by atoms with Crippen LogP contribution in [0.2, 0.25) is 0 Å². The summed E-state index contributed by atoms with van der Waals surface area (Å²) in [5.74, 6) is 0.0886. The van der Waals surface area contributed by atoms with E-state index in [1.54, 1.807) is 0 Å². The third-order valence-corrected chi connectivity index (χ3v) is 4.41. The van der Waals surface area contributed by atoms with Crippen LogP contribution in [0.15, 0.2) is 48.5 Å². The van der Waals surface area contributed by atoms with Crippen molar-refractivity contribution < 1.29 is 4.79 Å². The molecule has 1 amide bonds. The summed E-state index contributed by atoms with van der Waals surface area (Å²) < 4.78 is 1.10. The third kappa shape index (κ3) is 3.84. The van der Waals surface area contributed by atoms with Crippen molar-refractivity contribution in [2.75, 3.05) is 11.4 Å². The summed E-state index contributed by atoms with van der Waals surface area (Å²) in [7, 11) is 0. The number of halogens is 1. The predicted octanol–water partition coefficient (Wildman–Crippen LogP) is 5.05. The zero-order chi connectivity index (χ0) is 15.2. The van der Waals surface area contributed by atoms with Crippen LogP contribution in [0.3, 0.4) is 0 Å². The van der Waals surface area contributed by atoms with Crippen molar-refractivity contribution in [1.29, 1.82) is 0 Å². The van der Waals surface area contributed by atoms with Crippen molar-refractivity contribution in [1.82, 2.24) is 0 Å². The average Bonchev–Trinajstić information content (AvgIpc) is 2.49. The molecule has 2 aromatic carbocycles. The number of amides is 1. The summed E-state index contributed by atoms with van der Waals surface area (Å²) in [5.41, 5.74) is 2.81. The highest BCUT2D eigenvalue weighted by atomic mass is 127. The molecule has 0 aliphatic carbocycles. The Kier molecular flexibility index (Phi) is 5.79. The van der Waals surface area contributed by atoms with E-state index >= 15 is 0 Å². The molecule has 2 nitrogen and oxygen atoms in total. The van der Waals surface area contributed by atoms with Gasteiger partial charge in [-0.05, 0) is 59.7 Å². The van der Waals surface area contributed by atoms with Crippen LogP contribution < -0.4 is 4.90 Å². The molecule has 0 saturated carbocycles. The Morgan fingerprint density at radius 1 is 1.10 bits per heavy atom. The molecule has 2 rings (SSSR count). The lowest BCUT2D eigenvalue weighted by atomic mass is 10.1. The molecule has 0 N–H and O–H groups in total. The van der Waals surface area contributed by atoms with E-state index in [0.717, 1.165) is 39.8 Å². The SMILES string of the molecule is CCCCN(C(=O)c1ccccc1C)c1ccccc1I. The summed E-state index contributed by atoms with van der Waals surface area (Å²) in [6.45, 7) is 4.89. The Morgan fingerprint density at radius 3 is 2.43 bits per heavy atom. The smallest absolute Gasteiger partial charge is 0.258 e. The molecule has 0 unspecified atom stereocenters. The fraction of sp³-hybridized carbons (Fsp3) is 0.278. The summed E-state index contributed by atoms with van der Waals surface area (Å²) in [6.07, 6.45) is 2.07. The van der Waals surface area contributed by atoms with E-state index < -0.39 is 0 Å². The molecule has 110 valence electrons. The second-order valence-electron chi connectivity index (χ2n) is 5.08. The van der Waals surface area contributed by atoms with E-state index in [-0.39, 0.29) is 5.91 Å². The predicted molar refractivity (Wildman–Crippen MR) is 96.9 cm³/mol. The van der Waals surface area contributed by atoms with E-state index in [0.29, 0.717) is 0 Å². The van der Waals surface area contributed by atoms with E-state index in [2.05, 4.69) is 29.5 Å². The maximum atomic E-state index is 12.9. The van der Waals surface area contributed by atoms with Crippen molar-refractivity contribution >= 4 is 34.2 Å². The standard InChI is InChI=1S/C18H20INO/c1-3-4-13-20(17-12-8-7-11-16(17)19)18(21)15-10-6-5-9-14(15)2/h5-12H,3-4,13H2,1-2H3. The molecule has 0 aliphatic rings. The first-order valence-electron chi connectivity index (χ1n) is 7.27. The first-order valence-corrected chi connectivity index (χ1v) is 8.35. The summed E-state index contributed by atoms with van der Waals surface area (Å²) in [4.78, 5) is 14.9. The van der Waals surface area contributed by atoms with E-state index in [1.807, 2.05) is 60.4 Å². The molecule has 2 aromatic rings. The number of carbonyl (C=O) groups excluding carboxylic acids is 1. The summed E-state index contributed by atoms with van der Waals surface area (Å²) in [5, 5.41) is 0. The lowest BCUT2D eigenvalue weighted by Crippen LogP contribution is -2.33. The van der Waals surface area contributed by atoms with Gasteiger partial charge in [-0.3, -0.25) is 4.79 Å². The molecular weight excluding hydrogens is 373 g/mol. The van der Waals surface area contributed by atoms with Gasteiger partial charge in [0, 0.05) is 15.7 Å². The van der Waals surface area contributed by atoms with Crippen molar-refractivity contribution in [2.45, 2.75) is 26.7 Å². The first-order chi connectivity index (χ1) is 10.1. The minimum absolute atomic E-state index is 0.0886. The maximum absolute atomic E-state index is 12.9. The van der Waals surface area contributed by atoms with Gasteiger partial charge in [-0.25, -0.2) is 0 Å². The van der Waals surface area contributed by atoms with Crippen LogP contribution in [0.1, 0.15) is 35.7 Å². The molecule has 3 heteroatoms. The van der Waals surface area contributed by atoms with Gasteiger partial charge in [0.15, 0.2) is 0 Å². The average molecular weight is 393 g/mol. The van der Waals surface area contributed by atoms with Crippen molar-refractivity contribution in [3.8, 4) is 0 Å². The van der Waals surface area contributed by atoms with Gasteiger partial charge >= 0.3 is 0 Å². The number of aryl methyl sites for hydroxylation is 1. The number of rotatable bonds is 5. The minimum Gasteiger partial charge on any atom is -0.307 e. The van der Waals surface area contributed by atoms with Crippen molar-refractivity contribution in [2.24, 2.45) is 0 Å². The minimum atomic E-state index is 0.0886. The number of unbranched alkanes of at least 4 members (excludes halogenated alkanes) is 1. The van der Waals surface area contributed by atoms with E-state index in [4.69, 9.17) is 0 Å². The zero-order valence-corrected chi connectivity index (χ0v) is 14.6. The highest BCUT2D eigenvalue weighted by Gasteiger charge is 2.20. The van der Waals surface area contributed by atoms with Crippen LogP contribution in [0, 0.1) is 10.5 Å². The highest BCUT2D eigenvalue weighted by Crippen LogP contribution is 2.25. The Hall–Kier alpha value is -1.36. The first kappa shape index (κ1) is 16.0. The third-order valence-electron chi connectivity index (χ3n) is 3.50. The van der Waals surface area contributed by atoms with E-state index in [9.17, 15) is 4.79 Å². The molecule has 0 aliphatic heterocycles. The number of para-hydroxylation sites is 1. The number of benzene rings is 2. The van der Waals surface area contributed by atoms with Crippen molar-refractivity contribution in [3.05, 3.63) is 63.2 Å². The molecule has 0 saturated heterocycles. The Labute approximate surface area is 140 Å². The van der Waals surface area contributed by atoms with Gasteiger partial charge in [-0.15, -0.1) is 0 Å². The highest BCUT2D eigenvalue weighted by molar-refractivity contribution is 14.1. The maximum Gasteiger partial charge on any atom is 0.258 e. The van der Waals surface area contributed by atoms with Crippen molar-refractivity contribution in [3.63, 3.8) is 0 Å². The number of hydrogen-bond acceptors (Lipinski definition) is 1. The Bertz CT molecular complexity index is 624. The number of nitrogens with zero attached hydrogens (tertiary/aromatic N) is 1. The topological polar surface area (TPSA) is 20.3 Å². The van der Waals surface area contributed by atoms with Gasteiger partial charge in [-0.1, -0.05) is 43.7 Å². The van der Waals surface area contributed by atoms with Gasteiger partial charge < -0.3 is 4.90 Å². The zero-order valence-electron chi connectivity index (χ0n) is 12.5. The van der Waals surface area contributed by atoms with Gasteiger partial charge in [-0.2, -0.15) is 0 Å². The van der Waals surface area contributed by atoms with Gasteiger partial charge in [0.25, 0.3) is 5.91 Å². The number of anilines is 1. The number of hydrogen-bond donors (Lipinski definition) is 0. The Morgan fingerprint density at radius 2 is 1.76 bits per heavy atom. The number of carbonyl (C=O) groups is 1. The van der Waals surface area contributed by atoms with Crippen LogP contribution in [0.4, 0.5) is 5.69 Å². The molecule has 0 aromatic heterocycles. The molecule has 0 spiro atoms. The van der Waals surface area contributed by atoms with Gasteiger partial charge in [0.05, 0.1) is 5.69 Å². The van der Waals surface area contributed by atoms with E-state index in [1.165, 1.54) is 0 Å². The van der Waals surface area contributed by atoms with Crippen LogP contribution >= 0.6 is 22.6 Å². The van der Waals surface area contributed by atoms with Crippen LogP contribution in [0.5, 0.6) is 0 Å². The lowest BCUT2D eigenvalue weighted by Gasteiger charge is -2.24. The molecule has 0 bridgehead atoms. The normalized spacial score (nSPS) is 10.4. The molecule has 0 radical (unpaired) electrons. The van der Waals surface area contributed by atoms with Gasteiger partial charge in [0.2, 0.25) is 0 Å². The molecule has 0 atom stereocenters. The lowest BCUT2D eigenvalue weighted by molar-refractivity contribution is 0.0986. The van der Waals surface area contributed by atoms with Crippen LogP contribution in [-0.2, 0) is 0 Å². The monoisotopic (exact) mass is 393 g/mol. The second kappa shape index (κ2) is 7.59. The second-order valence-corrected chi connectivity index (χ2v) is 6.24. The molecule has 21 heavy (non-hydrogen) atoms. The van der Waals surface area contributed by atoms with Crippen LogP contribution in [-0.4, -0.2) is 12.5 Å².